The highest BCUT2D eigenvalue weighted by molar-refractivity contribution is 5.40. The summed E-state index contributed by atoms with van der Waals surface area (Å²) in [6.07, 6.45) is 0. The Hall–Kier alpha value is -2.00. The van der Waals surface area contributed by atoms with Gasteiger partial charge in [-0.3, -0.25) is 0 Å². The van der Waals surface area contributed by atoms with Crippen molar-refractivity contribution in [2.24, 2.45) is 5.73 Å². The second kappa shape index (κ2) is 5.55. The Bertz CT molecular complexity index is 595. The number of hydrogen-bond acceptors (Lipinski definition) is 3. The summed E-state index contributed by atoms with van der Waals surface area (Å²) in [5, 5.41) is 0. The zero-order valence-corrected chi connectivity index (χ0v) is 11.6. The van der Waals surface area contributed by atoms with E-state index in [9.17, 15) is 0 Å². The molecule has 2 N–H and O–H groups in total. The minimum absolute atomic E-state index is 0.0223. The Balaban J connectivity index is 1.67. The molecule has 20 heavy (non-hydrogen) atoms. The molecule has 0 bridgehead atoms. The summed E-state index contributed by atoms with van der Waals surface area (Å²) in [4.78, 5) is 0. The predicted octanol–water partition coefficient (Wildman–Crippen LogP) is 3.26. The van der Waals surface area contributed by atoms with Crippen LogP contribution in [0.3, 0.4) is 0 Å². The Morgan fingerprint density at radius 2 is 2.10 bits per heavy atom. The van der Waals surface area contributed by atoms with Crippen molar-refractivity contribution in [2.45, 2.75) is 18.9 Å². The molecule has 2 aromatic carbocycles. The number of rotatable bonds is 4. The lowest BCUT2D eigenvalue weighted by Gasteiger charge is -2.13. The van der Waals surface area contributed by atoms with Gasteiger partial charge in [0.1, 0.15) is 11.5 Å². The van der Waals surface area contributed by atoms with Crippen molar-refractivity contribution < 1.29 is 9.47 Å². The van der Waals surface area contributed by atoms with Crippen LogP contribution in [0.25, 0.3) is 0 Å². The minimum atomic E-state index is 0.0223. The highest BCUT2D eigenvalue weighted by Crippen LogP contribution is 2.33. The Labute approximate surface area is 119 Å². The summed E-state index contributed by atoms with van der Waals surface area (Å²) >= 11 is 0. The molecule has 0 amide bonds. The molecule has 1 aliphatic heterocycles. The number of nitrogens with two attached hydrogens (primary N) is 1. The van der Waals surface area contributed by atoms with Gasteiger partial charge in [0.2, 0.25) is 0 Å². The Morgan fingerprint density at radius 1 is 1.25 bits per heavy atom. The van der Waals surface area contributed by atoms with Gasteiger partial charge in [0.25, 0.3) is 0 Å². The number of hydrogen-bond donors (Lipinski definition) is 1. The molecule has 0 radical (unpaired) electrons. The molecule has 2 atom stereocenters. The van der Waals surface area contributed by atoms with Crippen LogP contribution in [0, 0.1) is 0 Å². The molecule has 0 saturated heterocycles. The van der Waals surface area contributed by atoms with Crippen LogP contribution < -0.4 is 15.2 Å². The van der Waals surface area contributed by atoms with Crippen molar-refractivity contribution in [3.05, 3.63) is 59.7 Å². The molecule has 0 spiro atoms. The van der Waals surface area contributed by atoms with Crippen LogP contribution in [-0.2, 0) is 0 Å². The maximum atomic E-state index is 5.90. The van der Waals surface area contributed by atoms with E-state index in [0.717, 1.165) is 17.1 Å². The van der Waals surface area contributed by atoms with Crippen LogP contribution in [0.4, 0.5) is 0 Å². The van der Waals surface area contributed by atoms with E-state index in [1.807, 2.05) is 49.4 Å². The van der Waals surface area contributed by atoms with E-state index in [2.05, 4.69) is 6.07 Å². The van der Waals surface area contributed by atoms with E-state index >= 15 is 0 Å². The van der Waals surface area contributed by atoms with Crippen molar-refractivity contribution in [1.29, 1.82) is 0 Å². The van der Waals surface area contributed by atoms with Gasteiger partial charge in [0.15, 0.2) is 0 Å². The summed E-state index contributed by atoms with van der Waals surface area (Å²) in [6.45, 7) is 3.28. The van der Waals surface area contributed by atoms with Gasteiger partial charge in [-0.25, -0.2) is 0 Å². The molecule has 0 fully saturated rings. The quantitative estimate of drug-likeness (QED) is 0.926. The fourth-order valence-electron chi connectivity index (χ4n) is 2.45. The number of benzene rings is 2. The molecule has 0 saturated carbocycles. The number of para-hydroxylation sites is 1. The first kappa shape index (κ1) is 13.0. The maximum absolute atomic E-state index is 5.90. The van der Waals surface area contributed by atoms with Gasteiger partial charge < -0.3 is 15.2 Å². The van der Waals surface area contributed by atoms with Gasteiger partial charge in [0.05, 0.1) is 19.1 Å². The lowest BCUT2D eigenvalue weighted by Crippen LogP contribution is -2.12. The van der Waals surface area contributed by atoms with Gasteiger partial charge in [-0.1, -0.05) is 30.3 Å². The minimum Gasteiger partial charge on any atom is -0.493 e. The van der Waals surface area contributed by atoms with E-state index in [1.165, 1.54) is 5.56 Å². The third kappa shape index (κ3) is 2.63. The van der Waals surface area contributed by atoms with E-state index in [0.29, 0.717) is 19.1 Å². The maximum Gasteiger partial charge on any atom is 0.123 e. The predicted molar refractivity (Wildman–Crippen MR) is 79.2 cm³/mol. The van der Waals surface area contributed by atoms with Gasteiger partial charge in [-0.05, 0) is 30.7 Å². The van der Waals surface area contributed by atoms with Gasteiger partial charge in [-0.2, -0.15) is 0 Å². The van der Waals surface area contributed by atoms with Crippen LogP contribution in [0.5, 0.6) is 11.5 Å². The molecule has 2 aromatic rings. The summed E-state index contributed by atoms with van der Waals surface area (Å²) < 4.78 is 11.6. The van der Waals surface area contributed by atoms with E-state index < -0.39 is 0 Å². The molecule has 3 nitrogen and oxygen atoms in total. The molecule has 1 heterocycles. The molecule has 104 valence electrons. The average Bonchev–Trinajstić information content (AvgIpc) is 2.89. The first-order valence-corrected chi connectivity index (χ1v) is 6.94. The molecule has 3 heteroatoms. The third-order valence-electron chi connectivity index (χ3n) is 3.63. The van der Waals surface area contributed by atoms with Crippen molar-refractivity contribution in [3.8, 4) is 11.5 Å². The smallest absolute Gasteiger partial charge is 0.123 e. The second-order valence-electron chi connectivity index (χ2n) is 5.22. The summed E-state index contributed by atoms with van der Waals surface area (Å²) in [7, 11) is 0. The van der Waals surface area contributed by atoms with Crippen molar-refractivity contribution in [3.63, 3.8) is 0 Å². The topological polar surface area (TPSA) is 44.5 Å². The zero-order valence-electron chi connectivity index (χ0n) is 11.6. The van der Waals surface area contributed by atoms with Crippen molar-refractivity contribution in [2.75, 3.05) is 13.2 Å². The summed E-state index contributed by atoms with van der Waals surface area (Å²) in [6, 6.07) is 16.1. The first-order chi connectivity index (χ1) is 9.74. The van der Waals surface area contributed by atoms with E-state index in [-0.39, 0.29) is 6.04 Å². The molecule has 3 rings (SSSR count). The van der Waals surface area contributed by atoms with Gasteiger partial charge >= 0.3 is 0 Å². The lowest BCUT2D eigenvalue weighted by atomic mass is 10.0. The molecular weight excluding hydrogens is 250 g/mol. The van der Waals surface area contributed by atoms with Crippen LogP contribution in [0.15, 0.2) is 48.5 Å². The Morgan fingerprint density at radius 3 is 2.95 bits per heavy atom. The zero-order chi connectivity index (χ0) is 13.9. The summed E-state index contributed by atoms with van der Waals surface area (Å²) in [5.74, 6) is 2.14. The summed E-state index contributed by atoms with van der Waals surface area (Å²) in [5.41, 5.74) is 8.21. The van der Waals surface area contributed by atoms with Gasteiger partial charge in [-0.15, -0.1) is 0 Å². The van der Waals surface area contributed by atoms with Crippen molar-refractivity contribution >= 4 is 0 Å². The molecule has 0 aliphatic carbocycles. The first-order valence-electron chi connectivity index (χ1n) is 6.94. The number of fused-ring (bicyclic) bond motifs is 1. The Kier molecular flexibility index (Phi) is 3.61. The second-order valence-corrected chi connectivity index (χ2v) is 5.22. The fourth-order valence-corrected chi connectivity index (χ4v) is 2.45. The van der Waals surface area contributed by atoms with Crippen LogP contribution in [0.1, 0.15) is 30.0 Å². The number of ether oxygens (including phenoxy) is 2. The highest BCUT2D eigenvalue weighted by Gasteiger charge is 2.24. The van der Waals surface area contributed by atoms with E-state index in [4.69, 9.17) is 15.2 Å². The van der Waals surface area contributed by atoms with Crippen LogP contribution in [-0.4, -0.2) is 13.2 Å². The van der Waals surface area contributed by atoms with Crippen molar-refractivity contribution in [1.82, 2.24) is 0 Å². The molecule has 1 aliphatic rings. The largest absolute Gasteiger partial charge is 0.493 e. The fraction of sp³-hybridized carbons (Fsp3) is 0.294. The molecule has 1 unspecified atom stereocenters. The molecule has 0 aromatic heterocycles. The average molecular weight is 269 g/mol. The SMILES string of the molecule is C[C@@H](N)c1cccc(OCC2COc3ccccc32)c1. The van der Waals surface area contributed by atoms with E-state index in [1.54, 1.807) is 0 Å². The monoisotopic (exact) mass is 269 g/mol. The standard InChI is InChI=1S/C17H19NO2/c1-12(18)13-5-4-6-15(9-13)19-10-14-11-20-17-8-3-2-7-16(14)17/h2-9,12,14H,10-11,18H2,1H3/t12-,14?/m1/s1. The lowest BCUT2D eigenvalue weighted by molar-refractivity contribution is 0.248. The third-order valence-corrected chi connectivity index (χ3v) is 3.63. The van der Waals surface area contributed by atoms with Gasteiger partial charge in [0, 0.05) is 11.6 Å². The van der Waals surface area contributed by atoms with Crippen LogP contribution in [0.2, 0.25) is 0 Å². The van der Waals surface area contributed by atoms with Crippen LogP contribution >= 0.6 is 0 Å². The normalized spacial score (nSPS) is 18.2. The highest BCUT2D eigenvalue weighted by atomic mass is 16.5. The molecular formula is C17H19NO2.